The molecule has 59 valence electrons. The van der Waals surface area contributed by atoms with E-state index in [1.165, 1.54) is 6.42 Å². The largest absolute Gasteiger partial charge is 0.381 e. The lowest BCUT2D eigenvalue weighted by Gasteiger charge is -2.21. The van der Waals surface area contributed by atoms with Crippen LogP contribution in [0.3, 0.4) is 0 Å². The van der Waals surface area contributed by atoms with Crippen molar-refractivity contribution in [2.24, 2.45) is 0 Å². The molecule has 0 N–H and O–H groups in total. The van der Waals surface area contributed by atoms with Gasteiger partial charge in [-0.2, -0.15) is 0 Å². The Morgan fingerprint density at radius 2 is 2.10 bits per heavy atom. The van der Waals surface area contributed by atoms with Crippen LogP contribution in [0, 0.1) is 0 Å². The lowest BCUT2D eigenvalue weighted by Crippen LogP contribution is -2.29. The van der Waals surface area contributed by atoms with Gasteiger partial charge in [0, 0.05) is 25.8 Å². The van der Waals surface area contributed by atoms with Gasteiger partial charge in [0.25, 0.3) is 0 Å². The van der Waals surface area contributed by atoms with Crippen molar-refractivity contribution < 1.29 is 4.74 Å². The van der Waals surface area contributed by atoms with Crippen LogP contribution in [0.15, 0.2) is 0 Å². The zero-order chi connectivity index (χ0) is 7.23. The van der Waals surface area contributed by atoms with Gasteiger partial charge >= 0.3 is 0 Å². The van der Waals surface area contributed by atoms with E-state index in [9.17, 15) is 0 Å². The Balaban J connectivity index is 2.02. The summed E-state index contributed by atoms with van der Waals surface area (Å²) in [6.45, 7) is 5.03. The Morgan fingerprint density at radius 3 is 2.70 bits per heavy atom. The van der Waals surface area contributed by atoms with Gasteiger partial charge in [-0.1, -0.05) is 6.92 Å². The molecule has 0 aliphatic carbocycles. The molecule has 0 atom stereocenters. The van der Waals surface area contributed by atoms with E-state index in [0.29, 0.717) is 6.04 Å². The van der Waals surface area contributed by atoms with Crippen molar-refractivity contribution in [2.45, 2.75) is 32.2 Å². The Labute approximate surface area is 63.0 Å². The zero-order valence-electron chi connectivity index (χ0n) is 6.68. The molecule has 0 aromatic rings. The van der Waals surface area contributed by atoms with Crippen LogP contribution < -0.4 is 5.32 Å². The standard InChI is InChI=1S/C8H16NO/c1-2-5-9-8-3-6-10-7-4-8/h8H,2-7H2,1H3. The predicted octanol–water partition coefficient (Wildman–Crippen LogP) is 1.18. The monoisotopic (exact) mass is 142 g/mol. The fourth-order valence-corrected chi connectivity index (χ4v) is 1.18. The maximum absolute atomic E-state index is 5.22. The quantitative estimate of drug-likeness (QED) is 0.580. The van der Waals surface area contributed by atoms with E-state index < -0.39 is 0 Å². The molecule has 1 heterocycles. The van der Waals surface area contributed by atoms with Crippen LogP contribution in [0.25, 0.3) is 0 Å². The number of hydrogen-bond acceptors (Lipinski definition) is 1. The van der Waals surface area contributed by atoms with Crippen LogP contribution in [0.5, 0.6) is 0 Å². The summed E-state index contributed by atoms with van der Waals surface area (Å²) in [4.78, 5) is 0. The maximum Gasteiger partial charge on any atom is 0.0481 e. The second-order valence-corrected chi connectivity index (χ2v) is 2.75. The molecule has 2 nitrogen and oxygen atoms in total. The lowest BCUT2D eigenvalue weighted by atomic mass is 10.1. The van der Waals surface area contributed by atoms with E-state index in [2.05, 4.69) is 12.2 Å². The molecule has 0 aromatic carbocycles. The summed E-state index contributed by atoms with van der Waals surface area (Å²) >= 11 is 0. The van der Waals surface area contributed by atoms with Crippen LogP contribution in [0.1, 0.15) is 26.2 Å². The van der Waals surface area contributed by atoms with E-state index in [1.54, 1.807) is 0 Å². The summed E-state index contributed by atoms with van der Waals surface area (Å²) in [6, 6.07) is 0.605. The third-order valence-electron chi connectivity index (χ3n) is 1.80. The van der Waals surface area contributed by atoms with Gasteiger partial charge in [0.1, 0.15) is 0 Å². The topological polar surface area (TPSA) is 23.3 Å². The van der Waals surface area contributed by atoms with E-state index >= 15 is 0 Å². The maximum atomic E-state index is 5.22. The zero-order valence-corrected chi connectivity index (χ0v) is 6.68. The molecule has 2 heteroatoms. The molecule has 0 saturated carbocycles. The average molecular weight is 142 g/mol. The molecule has 1 saturated heterocycles. The summed E-state index contributed by atoms with van der Waals surface area (Å²) in [6.07, 6.45) is 3.46. The van der Waals surface area contributed by atoms with Crippen LogP contribution >= 0.6 is 0 Å². The molecular weight excluding hydrogens is 126 g/mol. The molecule has 0 spiro atoms. The van der Waals surface area contributed by atoms with E-state index in [0.717, 1.165) is 32.6 Å². The van der Waals surface area contributed by atoms with Crippen molar-refractivity contribution in [3.05, 3.63) is 0 Å². The summed E-state index contributed by atoms with van der Waals surface area (Å²) in [7, 11) is 0. The van der Waals surface area contributed by atoms with Crippen LogP contribution in [-0.4, -0.2) is 25.8 Å². The highest BCUT2D eigenvalue weighted by Crippen LogP contribution is 2.06. The van der Waals surface area contributed by atoms with Crippen LogP contribution in [0.4, 0.5) is 0 Å². The van der Waals surface area contributed by atoms with Gasteiger partial charge in [-0.25, -0.2) is 5.32 Å². The molecule has 1 rings (SSSR count). The minimum Gasteiger partial charge on any atom is -0.381 e. The first-order valence-electron chi connectivity index (χ1n) is 4.18. The number of hydrogen-bond donors (Lipinski definition) is 0. The van der Waals surface area contributed by atoms with Crippen molar-refractivity contribution in [3.63, 3.8) is 0 Å². The second-order valence-electron chi connectivity index (χ2n) is 2.75. The average Bonchev–Trinajstić information content (AvgIpc) is 2.03. The van der Waals surface area contributed by atoms with Gasteiger partial charge < -0.3 is 4.74 Å². The van der Waals surface area contributed by atoms with Gasteiger partial charge in [0.15, 0.2) is 0 Å². The van der Waals surface area contributed by atoms with Crippen LogP contribution in [0.2, 0.25) is 0 Å². The minimum absolute atomic E-state index is 0.605. The Kier molecular flexibility index (Phi) is 3.76. The van der Waals surface area contributed by atoms with Gasteiger partial charge in [0.05, 0.1) is 0 Å². The van der Waals surface area contributed by atoms with Gasteiger partial charge in [-0.05, 0) is 19.3 Å². The van der Waals surface area contributed by atoms with Crippen LogP contribution in [-0.2, 0) is 4.74 Å². The number of ether oxygens (including phenoxy) is 1. The molecule has 1 radical (unpaired) electrons. The first-order chi connectivity index (χ1) is 4.93. The molecular formula is C8H16NO. The number of rotatable bonds is 3. The van der Waals surface area contributed by atoms with Crippen molar-refractivity contribution in [1.29, 1.82) is 0 Å². The predicted molar refractivity (Wildman–Crippen MR) is 41.1 cm³/mol. The molecule has 0 unspecified atom stereocenters. The molecule has 0 aromatic heterocycles. The van der Waals surface area contributed by atoms with Crippen molar-refractivity contribution in [1.82, 2.24) is 5.32 Å². The van der Waals surface area contributed by atoms with E-state index in [-0.39, 0.29) is 0 Å². The Morgan fingerprint density at radius 1 is 1.40 bits per heavy atom. The highest BCUT2D eigenvalue weighted by Gasteiger charge is 2.12. The molecule has 0 amide bonds. The van der Waals surface area contributed by atoms with E-state index in [1.807, 2.05) is 0 Å². The Hall–Kier alpha value is -0.0800. The third-order valence-corrected chi connectivity index (χ3v) is 1.80. The smallest absolute Gasteiger partial charge is 0.0481 e. The third kappa shape index (κ3) is 2.67. The molecule has 10 heavy (non-hydrogen) atoms. The summed E-state index contributed by atoms with van der Waals surface area (Å²) < 4.78 is 5.22. The highest BCUT2D eigenvalue weighted by atomic mass is 16.5. The van der Waals surface area contributed by atoms with Crippen molar-refractivity contribution in [2.75, 3.05) is 19.8 Å². The van der Waals surface area contributed by atoms with Gasteiger partial charge in [-0.3, -0.25) is 0 Å². The minimum atomic E-state index is 0.605. The SMILES string of the molecule is CCC[N]C1CCOCC1. The lowest BCUT2D eigenvalue weighted by molar-refractivity contribution is 0.0772. The summed E-state index contributed by atoms with van der Waals surface area (Å²) in [5.74, 6) is 0. The molecule has 1 aliphatic rings. The van der Waals surface area contributed by atoms with E-state index in [4.69, 9.17) is 4.74 Å². The van der Waals surface area contributed by atoms with Crippen molar-refractivity contribution >= 4 is 0 Å². The van der Waals surface area contributed by atoms with Gasteiger partial charge in [-0.15, -0.1) is 0 Å². The summed E-state index contributed by atoms with van der Waals surface area (Å²) in [5.41, 5.74) is 0. The highest BCUT2D eigenvalue weighted by molar-refractivity contribution is 4.68. The van der Waals surface area contributed by atoms with Crippen molar-refractivity contribution in [3.8, 4) is 0 Å². The molecule has 1 aliphatic heterocycles. The first-order valence-corrected chi connectivity index (χ1v) is 4.18. The molecule has 0 bridgehead atoms. The number of nitrogens with zero attached hydrogens (tertiary/aromatic N) is 1. The fourth-order valence-electron chi connectivity index (χ4n) is 1.18. The first kappa shape index (κ1) is 8.02. The Bertz CT molecular complexity index is 79.3. The fraction of sp³-hybridized carbons (Fsp3) is 1.00. The molecule has 1 fully saturated rings. The second kappa shape index (κ2) is 4.69. The summed E-state index contributed by atoms with van der Waals surface area (Å²) in [5, 5.41) is 4.52. The van der Waals surface area contributed by atoms with Gasteiger partial charge in [0.2, 0.25) is 0 Å². The normalized spacial score (nSPS) is 21.3.